The highest BCUT2D eigenvalue weighted by Crippen LogP contribution is 2.32. The van der Waals surface area contributed by atoms with Crippen LogP contribution in [-0.4, -0.2) is 34.7 Å². The fourth-order valence-electron chi connectivity index (χ4n) is 4.86. The highest BCUT2D eigenvalue weighted by Gasteiger charge is 2.24. The Morgan fingerprint density at radius 2 is 1.79 bits per heavy atom. The number of allylic oxidation sites excluding steroid dienone is 1. The number of aliphatic hydroxyl groups excluding tert-OH is 1. The van der Waals surface area contributed by atoms with Crippen LogP contribution in [0.3, 0.4) is 0 Å². The van der Waals surface area contributed by atoms with Crippen molar-refractivity contribution in [2.24, 2.45) is 0 Å². The highest BCUT2D eigenvalue weighted by atomic mass is 19.1. The van der Waals surface area contributed by atoms with Gasteiger partial charge in [0.2, 0.25) is 0 Å². The van der Waals surface area contributed by atoms with Gasteiger partial charge in [-0.1, -0.05) is 30.3 Å². The summed E-state index contributed by atoms with van der Waals surface area (Å²) in [4.78, 5) is 25.8. The summed E-state index contributed by atoms with van der Waals surface area (Å²) in [6.07, 6.45) is 3.38. The topological polar surface area (TPSA) is 107 Å². The minimum absolute atomic E-state index is 0.00342. The molecule has 1 aliphatic carbocycles. The smallest absolute Gasteiger partial charge is 0.256 e. The third-order valence-electron chi connectivity index (χ3n) is 7.35. The Balaban J connectivity index is 1.19. The Labute approximate surface area is 244 Å². The maximum atomic E-state index is 13.7. The zero-order chi connectivity index (χ0) is 29.6. The van der Waals surface area contributed by atoms with Crippen molar-refractivity contribution in [3.05, 3.63) is 135 Å². The van der Waals surface area contributed by atoms with E-state index in [1.54, 1.807) is 31.2 Å². The first-order chi connectivity index (χ1) is 20.3. The van der Waals surface area contributed by atoms with Gasteiger partial charge in [-0.25, -0.2) is 4.39 Å². The fraction of sp³-hybridized carbons (Fsp3) is 0.235. The maximum absolute atomic E-state index is 13.7. The van der Waals surface area contributed by atoms with Crippen LogP contribution in [0.4, 0.5) is 10.2 Å². The molecule has 1 saturated carbocycles. The molecule has 0 radical (unpaired) electrons. The highest BCUT2D eigenvalue weighted by molar-refractivity contribution is 6.11. The van der Waals surface area contributed by atoms with Crippen LogP contribution >= 0.6 is 0 Å². The quantitative estimate of drug-likeness (QED) is 0.116. The van der Waals surface area contributed by atoms with Crippen molar-refractivity contribution in [1.29, 1.82) is 0 Å². The first-order valence-corrected chi connectivity index (χ1v) is 14.1. The van der Waals surface area contributed by atoms with Crippen LogP contribution in [0.2, 0.25) is 0 Å². The van der Waals surface area contributed by atoms with Gasteiger partial charge in [0.15, 0.2) is 5.78 Å². The number of nitrogens with one attached hydrogen (secondary N) is 1. The molecule has 42 heavy (non-hydrogen) atoms. The van der Waals surface area contributed by atoms with E-state index in [-0.39, 0.29) is 28.5 Å². The predicted octanol–water partition coefficient (Wildman–Crippen LogP) is 5.67. The van der Waals surface area contributed by atoms with E-state index in [2.05, 4.69) is 17.4 Å². The molecule has 0 unspecified atom stereocenters. The number of nitrogens with zero attached hydrogens (tertiary/aromatic N) is 1. The number of aromatic nitrogens is 1. The van der Waals surface area contributed by atoms with E-state index in [9.17, 15) is 19.1 Å². The number of ketones is 1. The molecule has 1 heterocycles. The van der Waals surface area contributed by atoms with E-state index in [0.29, 0.717) is 35.9 Å². The molecule has 216 valence electrons. The molecule has 4 aromatic rings. The average Bonchev–Trinajstić information content (AvgIpc) is 3.84. The number of ether oxygens (including phenoxy) is 1. The number of aryl methyl sites for hydroxylation is 1. The molecule has 0 bridgehead atoms. The van der Waals surface area contributed by atoms with Gasteiger partial charge in [0.25, 0.3) is 5.56 Å². The normalized spacial score (nSPS) is 13.0. The van der Waals surface area contributed by atoms with Crippen molar-refractivity contribution in [2.45, 2.75) is 38.6 Å². The van der Waals surface area contributed by atoms with E-state index >= 15 is 0 Å². The molecular weight excluding hydrogens is 533 g/mol. The summed E-state index contributed by atoms with van der Waals surface area (Å²) < 4.78 is 20.9. The molecule has 0 amide bonds. The summed E-state index contributed by atoms with van der Waals surface area (Å²) in [5.41, 5.74) is 9.49. The Kier molecular flexibility index (Phi) is 8.83. The van der Waals surface area contributed by atoms with Gasteiger partial charge in [-0.3, -0.25) is 14.2 Å². The average molecular weight is 568 g/mol. The molecule has 7 nitrogen and oxygen atoms in total. The van der Waals surface area contributed by atoms with Crippen LogP contribution in [0.25, 0.3) is 5.69 Å². The van der Waals surface area contributed by atoms with Crippen molar-refractivity contribution in [1.82, 2.24) is 9.88 Å². The third kappa shape index (κ3) is 6.78. The van der Waals surface area contributed by atoms with Crippen LogP contribution < -0.4 is 21.3 Å². The van der Waals surface area contributed by atoms with E-state index in [0.717, 1.165) is 31.3 Å². The number of hydrogen-bond donors (Lipinski definition) is 3. The number of hydrogen-bond acceptors (Lipinski definition) is 6. The minimum atomic E-state index is -0.402. The van der Waals surface area contributed by atoms with Gasteiger partial charge in [-0.2, -0.15) is 0 Å². The second kappa shape index (κ2) is 12.9. The molecule has 1 aromatic heterocycles. The van der Waals surface area contributed by atoms with Crippen LogP contribution in [0.5, 0.6) is 5.75 Å². The number of benzene rings is 3. The SMILES string of the molecule is Cc1cc(C(=O)c2ccc(=O)n(-c3ccc(OCCCN[C@@H](Cc4ccccc4)C(O)=C4CC4)cc3)c2N)ccc1F. The lowest BCUT2D eigenvalue weighted by Crippen LogP contribution is -2.34. The van der Waals surface area contributed by atoms with Gasteiger partial charge < -0.3 is 20.9 Å². The van der Waals surface area contributed by atoms with Crippen molar-refractivity contribution >= 4 is 11.6 Å². The maximum Gasteiger partial charge on any atom is 0.256 e. The largest absolute Gasteiger partial charge is 0.511 e. The molecule has 5 rings (SSSR count). The second-order valence-electron chi connectivity index (χ2n) is 10.5. The number of halogens is 1. The fourth-order valence-corrected chi connectivity index (χ4v) is 4.86. The Morgan fingerprint density at radius 3 is 2.48 bits per heavy atom. The Hall–Kier alpha value is -4.69. The van der Waals surface area contributed by atoms with E-state index < -0.39 is 11.6 Å². The molecule has 1 atom stereocenters. The molecule has 0 saturated heterocycles. The molecule has 0 spiro atoms. The lowest BCUT2D eigenvalue weighted by atomic mass is 10.0. The van der Waals surface area contributed by atoms with Gasteiger partial charge in [0, 0.05) is 11.6 Å². The van der Waals surface area contributed by atoms with E-state index in [4.69, 9.17) is 10.5 Å². The minimum Gasteiger partial charge on any atom is -0.511 e. The summed E-state index contributed by atoms with van der Waals surface area (Å²) >= 11 is 0. The molecule has 3 aromatic carbocycles. The number of nitrogens with two attached hydrogens (primary N) is 1. The summed E-state index contributed by atoms with van der Waals surface area (Å²) in [5.74, 6) is 0.293. The van der Waals surface area contributed by atoms with E-state index in [1.807, 2.05) is 18.2 Å². The summed E-state index contributed by atoms with van der Waals surface area (Å²) in [6.45, 7) is 2.72. The number of carbonyl (C=O) groups is 1. The van der Waals surface area contributed by atoms with Crippen molar-refractivity contribution in [3.8, 4) is 11.4 Å². The standard InChI is InChI=1S/C34H34FN3O4/c1-22-20-25(10-16-29(22)35)32(40)28-15-17-31(39)38(34(28)36)26-11-13-27(14-12-26)42-19-5-18-37-30(33(41)24-8-9-24)21-23-6-3-2-4-7-23/h2-4,6-7,10-17,20,30,37,41H,5,8-9,18-19,21,36H2,1H3/t30-/m0/s1. The molecule has 1 fully saturated rings. The molecule has 0 aliphatic heterocycles. The molecule has 8 heteroatoms. The zero-order valence-electron chi connectivity index (χ0n) is 23.5. The van der Waals surface area contributed by atoms with Gasteiger partial charge >= 0.3 is 0 Å². The van der Waals surface area contributed by atoms with Gasteiger partial charge in [0.05, 0.1) is 23.9 Å². The van der Waals surface area contributed by atoms with Crippen molar-refractivity contribution in [2.75, 3.05) is 18.9 Å². The second-order valence-corrected chi connectivity index (χ2v) is 10.5. The van der Waals surface area contributed by atoms with E-state index in [1.165, 1.54) is 40.5 Å². The number of pyridine rings is 1. The van der Waals surface area contributed by atoms with Crippen LogP contribution in [0, 0.1) is 12.7 Å². The number of carbonyl (C=O) groups excluding carboxylic acids is 1. The monoisotopic (exact) mass is 567 g/mol. The summed E-state index contributed by atoms with van der Waals surface area (Å²) in [6, 6.07) is 23.7. The van der Waals surface area contributed by atoms with Crippen molar-refractivity contribution < 1.29 is 19.0 Å². The number of nitrogen functional groups attached to an aromatic ring is 1. The molecule has 1 aliphatic rings. The summed E-state index contributed by atoms with van der Waals surface area (Å²) in [5, 5.41) is 14.1. The molecule has 4 N–H and O–H groups in total. The number of anilines is 1. The van der Waals surface area contributed by atoms with Crippen LogP contribution in [0.1, 0.15) is 46.3 Å². The zero-order valence-corrected chi connectivity index (χ0v) is 23.5. The van der Waals surface area contributed by atoms with Gasteiger partial charge in [-0.05, 0) is 104 Å². The predicted molar refractivity (Wildman–Crippen MR) is 162 cm³/mol. The lowest BCUT2D eigenvalue weighted by molar-refractivity contribution is 0.103. The number of rotatable bonds is 12. The van der Waals surface area contributed by atoms with Gasteiger partial charge in [0.1, 0.15) is 23.1 Å². The lowest BCUT2D eigenvalue weighted by Gasteiger charge is -2.19. The first-order valence-electron chi connectivity index (χ1n) is 14.1. The van der Waals surface area contributed by atoms with Crippen LogP contribution in [0.15, 0.2) is 101 Å². The van der Waals surface area contributed by atoms with Crippen molar-refractivity contribution in [3.63, 3.8) is 0 Å². The Morgan fingerprint density at radius 1 is 1.05 bits per heavy atom. The summed E-state index contributed by atoms with van der Waals surface area (Å²) in [7, 11) is 0. The first kappa shape index (κ1) is 28.8. The third-order valence-corrected chi connectivity index (χ3v) is 7.35. The van der Waals surface area contributed by atoms with Crippen LogP contribution in [-0.2, 0) is 6.42 Å². The van der Waals surface area contributed by atoms with Gasteiger partial charge in [-0.15, -0.1) is 0 Å². The molecular formula is C34H34FN3O4. The Bertz CT molecular complexity index is 1660. The number of aliphatic hydroxyl groups is 1.